The van der Waals surface area contributed by atoms with Crippen molar-refractivity contribution < 1.29 is 4.74 Å². The molecule has 2 aromatic rings. The van der Waals surface area contributed by atoms with Crippen LogP contribution < -0.4 is 10.5 Å². The summed E-state index contributed by atoms with van der Waals surface area (Å²) in [5.41, 5.74) is 7.35. The number of hydrogen-bond acceptors (Lipinski definition) is 4. The van der Waals surface area contributed by atoms with Crippen molar-refractivity contribution in [1.82, 2.24) is 9.97 Å². The number of nitrogen functional groups attached to an aromatic ring is 1. The molecule has 0 unspecified atom stereocenters. The molecule has 2 rings (SSSR count). The van der Waals surface area contributed by atoms with Crippen LogP contribution in [0.3, 0.4) is 0 Å². The molecule has 2 N–H and O–H groups in total. The molecule has 0 amide bonds. The molecule has 0 saturated heterocycles. The Balaban J connectivity index is 1.96. The van der Waals surface area contributed by atoms with E-state index in [0.29, 0.717) is 12.6 Å². The lowest BCUT2D eigenvalue weighted by Crippen LogP contribution is -1.98. The van der Waals surface area contributed by atoms with Crippen LogP contribution in [0.15, 0.2) is 42.7 Å². The Kier molecular flexibility index (Phi) is 2.78. The van der Waals surface area contributed by atoms with Crippen LogP contribution in [0.25, 0.3) is 0 Å². The van der Waals surface area contributed by atoms with Gasteiger partial charge in [0, 0.05) is 18.1 Å². The lowest BCUT2D eigenvalue weighted by molar-refractivity contribution is 0.280. The molecular weight excluding hydrogens is 190 g/mol. The molecule has 0 aliphatic carbocycles. The van der Waals surface area contributed by atoms with E-state index in [-0.39, 0.29) is 0 Å². The topological polar surface area (TPSA) is 61.0 Å². The lowest BCUT2D eigenvalue weighted by atomic mass is 10.2. The van der Waals surface area contributed by atoms with Crippen LogP contribution in [-0.4, -0.2) is 9.97 Å². The molecule has 0 bridgehead atoms. The number of aromatic nitrogens is 2. The predicted octanol–water partition coefficient (Wildman–Crippen LogP) is 1.64. The average molecular weight is 201 g/mol. The van der Waals surface area contributed by atoms with Crippen molar-refractivity contribution in [3.05, 3.63) is 48.3 Å². The van der Waals surface area contributed by atoms with Crippen LogP contribution in [0.1, 0.15) is 5.56 Å². The summed E-state index contributed by atoms with van der Waals surface area (Å²) in [6.07, 6.45) is 3.29. The fourth-order valence-electron chi connectivity index (χ4n) is 1.12. The molecule has 1 aromatic carbocycles. The van der Waals surface area contributed by atoms with Gasteiger partial charge in [0.2, 0.25) is 0 Å². The number of ether oxygens (including phenoxy) is 1. The van der Waals surface area contributed by atoms with Gasteiger partial charge < -0.3 is 10.5 Å². The molecule has 0 spiro atoms. The van der Waals surface area contributed by atoms with Gasteiger partial charge in [-0.1, -0.05) is 12.1 Å². The fourth-order valence-corrected chi connectivity index (χ4v) is 1.12. The Labute approximate surface area is 87.7 Å². The first-order valence-corrected chi connectivity index (χ1v) is 4.59. The zero-order chi connectivity index (χ0) is 10.5. The summed E-state index contributed by atoms with van der Waals surface area (Å²) in [7, 11) is 0. The van der Waals surface area contributed by atoms with Gasteiger partial charge in [0.25, 0.3) is 0 Å². The van der Waals surface area contributed by atoms with Gasteiger partial charge in [-0.3, -0.25) is 0 Å². The molecule has 0 radical (unpaired) electrons. The first-order valence-electron chi connectivity index (χ1n) is 4.59. The van der Waals surface area contributed by atoms with Crippen molar-refractivity contribution >= 4 is 5.69 Å². The third-order valence-electron chi connectivity index (χ3n) is 1.89. The SMILES string of the molecule is Nc1ccc(COc2ncccn2)cc1. The second-order valence-corrected chi connectivity index (χ2v) is 3.06. The van der Waals surface area contributed by atoms with Crippen molar-refractivity contribution in [2.75, 3.05) is 5.73 Å². The van der Waals surface area contributed by atoms with Crippen molar-refractivity contribution in [2.24, 2.45) is 0 Å². The van der Waals surface area contributed by atoms with Crippen molar-refractivity contribution in [2.45, 2.75) is 6.61 Å². The van der Waals surface area contributed by atoms with E-state index in [2.05, 4.69) is 9.97 Å². The van der Waals surface area contributed by atoms with Gasteiger partial charge >= 0.3 is 6.01 Å². The van der Waals surface area contributed by atoms with Gasteiger partial charge in [-0.05, 0) is 23.8 Å². The van der Waals surface area contributed by atoms with E-state index in [9.17, 15) is 0 Å². The van der Waals surface area contributed by atoms with Crippen molar-refractivity contribution in [3.63, 3.8) is 0 Å². The molecule has 4 heteroatoms. The van der Waals surface area contributed by atoms with Gasteiger partial charge in [0.05, 0.1) is 0 Å². The number of nitrogens with zero attached hydrogens (tertiary/aromatic N) is 2. The number of hydrogen-bond donors (Lipinski definition) is 1. The average Bonchev–Trinajstić information content (AvgIpc) is 2.30. The standard InChI is InChI=1S/C11H11N3O/c12-10-4-2-9(3-5-10)8-15-11-13-6-1-7-14-11/h1-7H,8,12H2. The largest absolute Gasteiger partial charge is 0.459 e. The molecule has 76 valence electrons. The van der Waals surface area contributed by atoms with Crippen LogP contribution in [-0.2, 0) is 6.61 Å². The number of rotatable bonds is 3. The van der Waals surface area contributed by atoms with Crippen LogP contribution in [0, 0.1) is 0 Å². The van der Waals surface area contributed by atoms with E-state index in [1.807, 2.05) is 24.3 Å². The van der Waals surface area contributed by atoms with E-state index in [1.54, 1.807) is 18.5 Å². The minimum absolute atomic E-state index is 0.384. The molecular formula is C11H11N3O. The first-order chi connectivity index (χ1) is 7.34. The minimum atomic E-state index is 0.384. The first kappa shape index (κ1) is 9.45. The predicted molar refractivity (Wildman–Crippen MR) is 57.2 cm³/mol. The highest BCUT2D eigenvalue weighted by molar-refractivity contribution is 5.39. The van der Waals surface area contributed by atoms with Crippen LogP contribution in [0.5, 0.6) is 6.01 Å². The number of anilines is 1. The van der Waals surface area contributed by atoms with E-state index in [1.165, 1.54) is 0 Å². The summed E-state index contributed by atoms with van der Waals surface area (Å²) in [6.45, 7) is 0.449. The smallest absolute Gasteiger partial charge is 0.316 e. The Bertz CT molecular complexity index is 414. The Hall–Kier alpha value is -2.10. The van der Waals surface area contributed by atoms with Gasteiger partial charge in [-0.2, -0.15) is 0 Å². The molecule has 4 nitrogen and oxygen atoms in total. The second kappa shape index (κ2) is 4.41. The van der Waals surface area contributed by atoms with Crippen molar-refractivity contribution in [1.29, 1.82) is 0 Å². The maximum absolute atomic E-state index is 5.57. The summed E-state index contributed by atoms with van der Waals surface area (Å²) in [4.78, 5) is 7.91. The van der Waals surface area contributed by atoms with Gasteiger partial charge in [-0.25, -0.2) is 9.97 Å². The van der Waals surface area contributed by atoms with Crippen LogP contribution in [0.4, 0.5) is 5.69 Å². The highest BCUT2D eigenvalue weighted by atomic mass is 16.5. The molecule has 15 heavy (non-hydrogen) atoms. The lowest BCUT2D eigenvalue weighted by Gasteiger charge is -2.03. The van der Waals surface area contributed by atoms with Gasteiger partial charge in [0.1, 0.15) is 6.61 Å². The van der Waals surface area contributed by atoms with Gasteiger partial charge in [-0.15, -0.1) is 0 Å². The zero-order valence-electron chi connectivity index (χ0n) is 8.13. The van der Waals surface area contributed by atoms with Crippen molar-refractivity contribution in [3.8, 4) is 6.01 Å². The number of nitrogens with two attached hydrogens (primary N) is 1. The monoisotopic (exact) mass is 201 g/mol. The third kappa shape index (κ3) is 2.67. The van der Waals surface area contributed by atoms with Crippen LogP contribution >= 0.6 is 0 Å². The van der Waals surface area contributed by atoms with E-state index in [4.69, 9.17) is 10.5 Å². The highest BCUT2D eigenvalue weighted by Gasteiger charge is 1.96. The Morgan fingerprint density at radius 3 is 2.40 bits per heavy atom. The third-order valence-corrected chi connectivity index (χ3v) is 1.89. The Morgan fingerprint density at radius 1 is 1.07 bits per heavy atom. The van der Waals surface area contributed by atoms with Crippen LogP contribution in [0.2, 0.25) is 0 Å². The molecule has 1 aromatic heterocycles. The maximum Gasteiger partial charge on any atom is 0.316 e. The summed E-state index contributed by atoms with van der Waals surface area (Å²) < 4.78 is 5.37. The normalized spacial score (nSPS) is 9.87. The molecule has 1 heterocycles. The Morgan fingerprint density at radius 2 is 1.73 bits per heavy atom. The van der Waals surface area contributed by atoms with E-state index < -0.39 is 0 Å². The van der Waals surface area contributed by atoms with E-state index >= 15 is 0 Å². The number of benzene rings is 1. The summed E-state index contributed by atoms with van der Waals surface area (Å²) in [5.74, 6) is 0. The molecule has 0 aliphatic rings. The minimum Gasteiger partial charge on any atom is -0.459 e. The molecule has 0 saturated carbocycles. The molecule has 0 atom stereocenters. The maximum atomic E-state index is 5.57. The summed E-state index contributed by atoms with van der Waals surface area (Å²) in [5, 5.41) is 0. The van der Waals surface area contributed by atoms with E-state index in [0.717, 1.165) is 11.3 Å². The quantitative estimate of drug-likeness (QED) is 0.767. The van der Waals surface area contributed by atoms with Gasteiger partial charge in [0.15, 0.2) is 0 Å². The molecule has 0 fully saturated rings. The molecule has 0 aliphatic heterocycles. The second-order valence-electron chi connectivity index (χ2n) is 3.06. The summed E-state index contributed by atoms with van der Waals surface area (Å²) >= 11 is 0. The fraction of sp³-hybridized carbons (Fsp3) is 0.0909. The highest BCUT2D eigenvalue weighted by Crippen LogP contribution is 2.08. The summed E-state index contributed by atoms with van der Waals surface area (Å²) in [6, 6.07) is 9.64. The zero-order valence-corrected chi connectivity index (χ0v) is 8.13.